The van der Waals surface area contributed by atoms with E-state index in [0.717, 1.165) is 12.2 Å². The summed E-state index contributed by atoms with van der Waals surface area (Å²) in [5.41, 5.74) is 0.843. The molecule has 1 aromatic rings. The predicted molar refractivity (Wildman–Crippen MR) is 64.4 cm³/mol. The Morgan fingerprint density at radius 3 is 2.88 bits per heavy atom. The van der Waals surface area contributed by atoms with Gasteiger partial charge < -0.3 is 14.7 Å². The molecule has 4 nitrogen and oxygen atoms in total. The van der Waals surface area contributed by atoms with Gasteiger partial charge >= 0.3 is 5.97 Å². The van der Waals surface area contributed by atoms with Crippen molar-refractivity contribution in [2.75, 3.05) is 25.1 Å². The van der Waals surface area contributed by atoms with Crippen LogP contribution in [0.4, 0.5) is 5.69 Å². The van der Waals surface area contributed by atoms with Crippen molar-refractivity contribution in [2.24, 2.45) is 0 Å². The van der Waals surface area contributed by atoms with Crippen LogP contribution in [-0.4, -0.2) is 31.3 Å². The molecular weight excluding hydrogens is 253 g/mol. The fraction of sp³-hybridized carbons (Fsp3) is 0.300. The molecule has 1 N–H and O–H groups in total. The molecule has 0 spiro atoms. The van der Waals surface area contributed by atoms with E-state index in [1.54, 1.807) is 6.07 Å². The molecule has 0 radical (unpaired) electrons. The van der Waals surface area contributed by atoms with E-state index < -0.39 is 5.97 Å². The molecule has 0 saturated heterocycles. The smallest absolute Gasteiger partial charge is 0.339 e. The standard InChI is InChI=1S/C10H10ClNO3.ClH/c1-12-2-3-15-9-7(10(13)14)4-6(11)5-8(9)12;/h4-5H,2-3H2,1H3,(H,13,14);1H. The van der Waals surface area contributed by atoms with Crippen molar-refractivity contribution in [3.63, 3.8) is 0 Å². The number of ether oxygens (including phenoxy) is 1. The van der Waals surface area contributed by atoms with Crippen LogP contribution in [0.5, 0.6) is 5.75 Å². The third-order valence-corrected chi connectivity index (χ3v) is 2.57. The minimum absolute atomic E-state index is 0. The lowest BCUT2D eigenvalue weighted by atomic mass is 10.1. The van der Waals surface area contributed by atoms with Crippen LogP contribution in [0, 0.1) is 0 Å². The van der Waals surface area contributed by atoms with Crippen LogP contribution in [0.3, 0.4) is 0 Å². The van der Waals surface area contributed by atoms with Crippen molar-refractivity contribution in [3.8, 4) is 5.75 Å². The number of hydrogen-bond donors (Lipinski definition) is 1. The van der Waals surface area contributed by atoms with E-state index in [1.807, 2.05) is 11.9 Å². The molecule has 0 unspecified atom stereocenters. The SMILES string of the molecule is CN1CCOc2c(C(=O)O)cc(Cl)cc21.Cl. The van der Waals surface area contributed by atoms with Crippen LogP contribution in [0.2, 0.25) is 5.02 Å². The van der Waals surface area contributed by atoms with Crippen LogP contribution < -0.4 is 9.64 Å². The van der Waals surface area contributed by atoms with Crippen LogP contribution in [0.1, 0.15) is 10.4 Å². The molecule has 1 aliphatic heterocycles. The highest BCUT2D eigenvalue weighted by Crippen LogP contribution is 2.36. The molecule has 0 bridgehead atoms. The molecule has 6 heteroatoms. The highest BCUT2D eigenvalue weighted by molar-refractivity contribution is 6.31. The zero-order chi connectivity index (χ0) is 11.0. The van der Waals surface area contributed by atoms with E-state index in [0.29, 0.717) is 17.4 Å². The summed E-state index contributed by atoms with van der Waals surface area (Å²) in [6.07, 6.45) is 0. The number of rotatable bonds is 1. The first-order valence-corrected chi connectivity index (χ1v) is 4.88. The first-order chi connectivity index (χ1) is 7.09. The van der Waals surface area contributed by atoms with E-state index in [2.05, 4.69) is 0 Å². The summed E-state index contributed by atoms with van der Waals surface area (Å²) in [7, 11) is 1.88. The molecule has 1 heterocycles. The first kappa shape index (κ1) is 12.9. The Bertz CT molecular complexity index is 423. The van der Waals surface area contributed by atoms with Crippen LogP contribution in [0.15, 0.2) is 12.1 Å². The molecule has 0 aliphatic carbocycles. The Morgan fingerprint density at radius 2 is 2.25 bits per heavy atom. The molecule has 2 rings (SSSR count). The number of aromatic carboxylic acids is 1. The van der Waals surface area contributed by atoms with Gasteiger partial charge in [0.1, 0.15) is 12.2 Å². The number of hydrogen-bond acceptors (Lipinski definition) is 3. The predicted octanol–water partition coefficient (Wildman–Crippen LogP) is 2.29. The molecule has 88 valence electrons. The number of nitrogens with zero attached hydrogens (tertiary/aromatic N) is 1. The Hall–Kier alpha value is -1.13. The number of carboxylic acid groups (broad SMARTS) is 1. The Balaban J connectivity index is 0.00000128. The van der Waals surface area contributed by atoms with Crippen molar-refractivity contribution >= 4 is 35.7 Å². The summed E-state index contributed by atoms with van der Waals surface area (Å²) >= 11 is 5.85. The number of halogens is 2. The Morgan fingerprint density at radius 1 is 1.56 bits per heavy atom. The highest BCUT2D eigenvalue weighted by Gasteiger charge is 2.22. The lowest BCUT2D eigenvalue weighted by Gasteiger charge is -2.28. The van der Waals surface area contributed by atoms with Gasteiger partial charge in [-0.1, -0.05) is 11.6 Å². The summed E-state index contributed by atoms with van der Waals surface area (Å²) in [5, 5.41) is 9.40. The third-order valence-electron chi connectivity index (χ3n) is 2.35. The summed E-state index contributed by atoms with van der Waals surface area (Å²) in [5.74, 6) is -0.621. The number of anilines is 1. The van der Waals surface area contributed by atoms with Gasteiger partial charge in [-0.3, -0.25) is 0 Å². The van der Waals surface area contributed by atoms with E-state index in [9.17, 15) is 4.79 Å². The highest BCUT2D eigenvalue weighted by atomic mass is 35.5. The average molecular weight is 264 g/mol. The number of carboxylic acids is 1. The molecule has 1 aromatic carbocycles. The number of likely N-dealkylation sites (N-methyl/N-ethyl adjacent to an activating group) is 1. The van der Waals surface area contributed by atoms with Crippen molar-refractivity contribution in [1.82, 2.24) is 0 Å². The molecule has 0 amide bonds. The van der Waals surface area contributed by atoms with Gasteiger partial charge in [-0.15, -0.1) is 12.4 Å². The van der Waals surface area contributed by atoms with Gasteiger partial charge in [-0.25, -0.2) is 4.79 Å². The molecule has 16 heavy (non-hydrogen) atoms. The second kappa shape index (κ2) is 4.80. The minimum atomic E-state index is -1.02. The van der Waals surface area contributed by atoms with Gasteiger partial charge in [0, 0.05) is 12.1 Å². The van der Waals surface area contributed by atoms with E-state index in [-0.39, 0.29) is 18.0 Å². The van der Waals surface area contributed by atoms with E-state index in [1.165, 1.54) is 6.07 Å². The second-order valence-corrected chi connectivity index (χ2v) is 3.81. The lowest BCUT2D eigenvalue weighted by Crippen LogP contribution is -2.29. The van der Waals surface area contributed by atoms with Gasteiger partial charge in [-0.2, -0.15) is 0 Å². The van der Waals surface area contributed by atoms with Gasteiger partial charge in [0.15, 0.2) is 5.75 Å². The Labute approximate surface area is 104 Å². The quantitative estimate of drug-likeness (QED) is 0.845. The van der Waals surface area contributed by atoms with Crippen molar-refractivity contribution in [1.29, 1.82) is 0 Å². The van der Waals surface area contributed by atoms with Crippen LogP contribution in [0.25, 0.3) is 0 Å². The fourth-order valence-electron chi connectivity index (χ4n) is 1.58. The zero-order valence-electron chi connectivity index (χ0n) is 8.57. The van der Waals surface area contributed by atoms with Crippen LogP contribution >= 0.6 is 24.0 Å². The molecular formula is C10H11Cl2NO3. The maximum atomic E-state index is 11.0. The molecule has 0 saturated carbocycles. The lowest BCUT2D eigenvalue weighted by molar-refractivity contribution is 0.0692. The van der Waals surface area contributed by atoms with E-state index in [4.69, 9.17) is 21.4 Å². The molecule has 0 aromatic heterocycles. The zero-order valence-corrected chi connectivity index (χ0v) is 10.1. The summed E-state index contributed by atoms with van der Waals surface area (Å²) in [4.78, 5) is 12.9. The first-order valence-electron chi connectivity index (χ1n) is 4.50. The van der Waals surface area contributed by atoms with Gasteiger partial charge in [0.2, 0.25) is 0 Å². The van der Waals surface area contributed by atoms with E-state index >= 15 is 0 Å². The average Bonchev–Trinajstić information content (AvgIpc) is 2.18. The van der Waals surface area contributed by atoms with Gasteiger partial charge in [0.05, 0.1) is 12.2 Å². The number of carbonyl (C=O) groups is 1. The second-order valence-electron chi connectivity index (χ2n) is 3.38. The van der Waals surface area contributed by atoms with Crippen molar-refractivity contribution in [3.05, 3.63) is 22.7 Å². The monoisotopic (exact) mass is 263 g/mol. The Kier molecular flexibility index (Phi) is 3.88. The topological polar surface area (TPSA) is 49.8 Å². The number of benzene rings is 1. The summed E-state index contributed by atoms with van der Waals surface area (Å²) in [6, 6.07) is 3.12. The fourth-order valence-corrected chi connectivity index (χ4v) is 1.79. The van der Waals surface area contributed by atoms with Crippen molar-refractivity contribution < 1.29 is 14.6 Å². The summed E-state index contributed by atoms with van der Waals surface area (Å²) < 4.78 is 5.36. The number of fused-ring (bicyclic) bond motifs is 1. The molecule has 1 aliphatic rings. The minimum Gasteiger partial charge on any atom is -0.489 e. The normalized spacial score (nSPS) is 13.5. The third kappa shape index (κ3) is 2.18. The summed E-state index contributed by atoms with van der Waals surface area (Å²) in [6.45, 7) is 1.22. The van der Waals surface area contributed by atoms with Gasteiger partial charge in [0.25, 0.3) is 0 Å². The molecule has 0 fully saturated rings. The maximum Gasteiger partial charge on any atom is 0.339 e. The van der Waals surface area contributed by atoms with Crippen molar-refractivity contribution in [2.45, 2.75) is 0 Å². The van der Waals surface area contributed by atoms with Gasteiger partial charge in [-0.05, 0) is 12.1 Å². The maximum absolute atomic E-state index is 11.0. The largest absolute Gasteiger partial charge is 0.489 e. The molecule has 0 atom stereocenters. The van der Waals surface area contributed by atoms with Crippen LogP contribution in [-0.2, 0) is 0 Å².